The molecule has 0 saturated carbocycles. The van der Waals surface area contributed by atoms with Gasteiger partial charge in [-0.3, -0.25) is 0 Å². The fourth-order valence-corrected chi connectivity index (χ4v) is 1.20. The lowest BCUT2D eigenvalue weighted by Gasteiger charge is -2.08. The third kappa shape index (κ3) is 3.22. The molecule has 1 aromatic rings. The van der Waals surface area contributed by atoms with E-state index in [2.05, 4.69) is 10.2 Å². The van der Waals surface area contributed by atoms with Gasteiger partial charge in [-0.25, -0.2) is 5.90 Å². The predicted octanol–water partition coefficient (Wildman–Crippen LogP) is 1.95. The SMILES string of the molecule is Cc1ccc(Cl)cc1NCCON. The van der Waals surface area contributed by atoms with Crippen molar-refractivity contribution in [3.05, 3.63) is 28.8 Å². The topological polar surface area (TPSA) is 47.3 Å². The summed E-state index contributed by atoms with van der Waals surface area (Å²) < 4.78 is 0. The molecular weight excluding hydrogens is 188 g/mol. The van der Waals surface area contributed by atoms with Crippen LogP contribution in [0.4, 0.5) is 5.69 Å². The molecule has 1 rings (SSSR count). The van der Waals surface area contributed by atoms with Crippen LogP contribution < -0.4 is 11.2 Å². The molecule has 4 heteroatoms. The van der Waals surface area contributed by atoms with Crippen molar-refractivity contribution in [3.63, 3.8) is 0 Å². The van der Waals surface area contributed by atoms with Gasteiger partial charge in [0.1, 0.15) is 0 Å². The third-order valence-electron chi connectivity index (χ3n) is 1.73. The van der Waals surface area contributed by atoms with Crippen molar-refractivity contribution in [1.82, 2.24) is 0 Å². The standard InChI is InChI=1S/C9H13ClN2O/c1-7-2-3-8(10)6-9(7)12-4-5-13-11/h2-3,6,12H,4-5,11H2,1H3. The number of hydrogen-bond donors (Lipinski definition) is 2. The first-order valence-electron chi connectivity index (χ1n) is 4.05. The second-order valence-electron chi connectivity index (χ2n) is 2.76. The highest BCUT2D eigenvalue weighted by Gasteiger charge is 1.97. The van der Waals surface area contributed by atoms with Gasteiger partial charge in [0.15, 0.2) is 0 Å². The quantitative estimate of drug-likeness (QED) is 0.577. The number of rotatable bonds is 4. The van der Waals surface area contributed by atoms with Gasteiger partial charge in [0.05, 0.1) is 6.61 Å². The molecule has 0 fully saturated rings. The van der Waals surface area contributed by atoms with Crippen LogP contribution >= 0.6 is 11.6 Å². The summed E-state index contributed by atoms with van der Waals surface area (Å²) in [4.78, 5) is 4.44. The van der Waals surface area contributed by atoms with Crippen molar-refractivity contribution < 1.29 is 4.84 Å². The highest BCUT2D eigenvalue weighted by molar-refractivity contribution is 6.30. The first-order valence-corrected chi connectivity index (χ1v) is 4.43. The maximum absolute atomic E-state index is 5.83. The Labute approximate surface area is 82.8 Å². The summed E-state index contributed by atoms with van der Waals surface area (Å²) in [7, 11) is 0. The van der Waals surface area contributed by atoms with Crippen molar-refractivity contribution in [1.29, 1.82) is 0 Å². The normalized spacial score (nSPS) is 10.1. The van der Waals surface area contributed by atoms with E-state index in [1.165, 1.54) is 0 Å². The van der Waals surface area contributed by atoms with Crippen LogP contribution in [0.5, 0.6) is 0 Å². The van der Waals surface area contributed by atoms with E-state index in [0.717, 1.165) is 16.3 Å². The van der Waals surface area contributed by atoms with Crippen molar-refractivity contribution in [2.75, 3.05) is 18.5 Å². The summed E-state index contributed by atoms with van der Waals surface area (Å²) in [5, 5.41) is 3.89. The Bertz CT molecular complexity index is 278. The zero-order valence-corrected chi connectivity index (χ0v) is 8.27. The molecule has 1 aromatic carbocycles. The van der Waals surface area contributed by atoms with Crippen LogP contribution in [0.25, 0.3) is 0 Å². The van der Waals surface area contributed by atoms with Crippen LogP contribution in [-0.4, -0.2) is 13.2 Å². The van der Waals surface area contributed by atoms with Gasteiger partial charge in [-0.1, -0.05) is 17.7 Å². The predicted molar refractivity (Wildman–Crippen MR) is 54.8 cm³/mol. The van der Waals surface area contributed by atoms with Gasteiger partial charge in [-0.05, 0) is 24.6 Å². The lowest BCUT2D eigenvalue weighted by molar-refractivity contribution is 0.148. The van der Waals surface area contributed by atoms with Crippen molar-refractivity contribution in [3.8, 4) is 0 Å². The zero-order chi connectivity index (χ0) is 9.68. The average Bonchev–Trinajstić information content (AvgIpc) is 2.11. The fourth-order valence-electron chi connectivity index (χ4n) is 1.03. The summed E-state index contributed by atoms with van der Waals surface area (Å²) >= 11 is 5.83. The van der Waals surface area contributed by atoms with Gasteiger partial charge in [-0.15, -0.1) is 0 Å². The maximum atomic E-state index is 5.83. The van der Waals surface area contributed by atoms with Crippen molar-refractivity contribution in [2.24, 2.45) is 5.90 Å². The maximum Gasteiger partial charge on any atom is 0.0851 e. The first-order chi connectivity index (χ1) is 6.24. The Morgan fingerprint density at radius 3 is 3.00 bits per heavy atom. The van der Waals surface area contributed by atoms with Gasteiger partial charge in [0, 0.05) is 17.3 Å². The molecule has 13 heavy (non-hydrogen) atoms. The Hall–Kier alpha value is -0.770. The molecule has 72 valence electrons. The van der Waals surface area contributed by atoms with Gasteiger partial charge in [0.2, 0.25) is 0 Å². The van der Waals surface area contributed by atoms with Crippen LogP contribution in [0.1, 0.15) is 5.56 Å². The average molecular weight is 201 g/mol. The molecule has 0 aliphatic carbocycles. The highest BCUT2D eigenvalue weighted by Crippen LogP contribution is 2.19. The first kappa shape index (κ1) is 10.3. The van der Waals surface area contributed by atoms with E-state index < -0.39 is 0 Å². The van der Waals surface area contributed by atoms with Gasteiger partial charge < -0.3 is 10.2 Å². The molecule has 0 heterocycles. The molecule has 0 radical (unpaired) electrons. The van der Waals surface area contributed by atoms with E-state index in [-0.39, 0.29) is 0 Å². The van der Waals surface area contributed by atoms with Crippen LogP contribution in [0.3, 0.4) is 0 Å². The molecule has 3 N–H and O–H groups in total. The van der Waals surface area contributed by atoms with Crippen molar-refractivity contribution in [2.45, 2.75) is 6.92 Å². The minimum Gasteiger partial charge on any atom is -0.382 e. The minimum atomic E-state index is 0.478. The molecule has 0 atom stereocenters. The summed E-state index contributed by atoms with van der Waals surface area (Å²) in [6.45, 7) is 3.17. The van der Waals surface area contributed by atoms with Crippen LogP contribution in [0.15, 0.2) is 18.2 Å². The summed E-state index contributed by atoms with van der Waals surface area (Å²) in [6, 6.07) is 5.71. The summed E-state index contributed by atoms with van der Waals surface area (Å²) in [5.74, 6) is 4.89. The molecule has 3 nitrogen and oxygen atoms in total. The van der Waals surface area contributed by atoms with E-state index in [4.69, 9.17) is 17.5 Å². The van der Waals surface area contributed by atoms with Crippen LogP contribution in [-0.2, 0) is 4.84 Å². The fraction of sp³-hybridized carbons (Fsp3) is 0.333. The van der Waals surface area contributed by atoms with Gasteiger partial charge in [-0.2, -0.15) is 0 Å². The molecule has 0 aliphatic heterocycles. The number of benzene rings is 1. The summed E-state index contributed by atoms with van der Waals surface area (Å²) in [5.41, 5.74) is 2.17. The Balaban J connectivity index is 2.59. The van der Waals surface area contributed by atoms with Crippen molar-refractivity contribution >= 4 is 17.3 Å². The molecule has 0 bridgehead atoms. The van der Waals surface area contributed by atoms with E-state index in [0.29, 0.717) is 13.2 Å². The zero-order valence-electron chi connectivity index (χ0n) is 7.51. The largest absolute Gasteiger partial charge is 0.382 e. The minimum absolute atomic E-state index is 0.478. The lowest BCUT2D eigenvalue weighted by atomic mass is 10.2. The Morgan fingerprint density at radius 1 is 1.54 bits per heavy atom. The summed E-state index contributed by atoms with van der Waals surface area (Å²) in [6.07, 6.45) is 0. The van der Waals surface area contributed by atoms with Gasteiger partial charge in [0.25, 0.3) is 0 Å². The second-order valence-corrected chi connectivity index (χ2v) is 3.19. The van der Waals surface area contributed by atoms with E-state index in [1.54, 1.807) is 0 Å². The van der Waals surface area contributed by atoms with Crippen LogP contribution in [0.2, 0.25) is 5.02 Å². The van der Waals surface area contributed by atoms with E-state index in [1.807, 2.05) is 25.1 Å². The lowest BCUT2D eigenvalue weighted by Crippen LogP contribution is -2.12. The molecule has 0 unspecified atom stereocenters. The van der Waals surface area contributed by atoms with Gasteiger partial charge >= 0.3 is 0 Å². The second kappa shape index (κ2) is 5.07. The van der Waals surface area contributed by atoms with E-state index >= 15 is 0 Å². The Morgan fingerprint density at radius 2 is 2.31 bits per heavy atom. The molecular formula is C9H13ClN2O. The number of nitrogens with two attached hydrogens (primary N) is 1. The molecule has 0 amide bonds. The number of nitrogens with one attached hydrogen (secondary N) is 1. The molecule has 0 spiro atoms. The highest BCUT2D eigenvalue weighted by atomic mass is 35.5. The molecule has 0 aliphatic rings. The molecule has 0 saturated heterocycles. The number of aryl methyl sites for hydroxylation is 1. The monoisotopic (exact) mass is 200 g/mol. The smallest absolute Gasteiger partial charge is 0.0851 e. The van der Waals surface area contributed by atoms with Crippen LogP contribution in [0, 0.1) is 6.92 Å². The Kier molecular flexibility index (Phi) is 4.02. The molecule has 0 aromatic heterocycles. The number of halogens is 1. The number of hydrogen-bond acceptors (Lipinski definition) is 3. The number of anilines is 1. The van der Waals surface area contributed by atoms with E-state index in [9.17, 15) is 0 Å². The third-order valence-corrected chi connectivity index (χ3v) is 1.97.